The summed E-state index contributed by atoms with van der Waals surface area (Å²) < 4.78 is 5.45. The molecule has 0 aliphatic rings. The van der Waals surface area contributed by atoms with E-state index in [-0.39, 0.29) is 17.9 Å². The Hall–Kier alpha value is -2.66. The van der Waals surface area contributed by atoms with E-state index < -0.39 is 23.8 Å². The van der Waals surface area contributed by atoms with Crippen LogP contribution in [0.2, 0.25) is 0 Å². The van der Waals surface area contributed by atoms with Crippen molar-refractivity contribution in [3.63, 3.8) is 0 Å². The molecule has 0 bridgehead atoms. The maximum atomic E-state index is 14.1. The second-order valence-corrected chi connectivity index (χ2v) is 11.6. The van der Waals surface area contributed by atoms with Crippen molar-refractivity contribution in [3.05, 3.63) is 35.4 Å². The molecule has 0 fully saturated rings. The molecule has 0 saturated heterocycles. The summed E-state index contributed by atoms with van der Waals surface area (Å²) in [5.74, 6) is 2.72. The number of terminal acetylenes is 1. The van der Waals surface area contributed by atoms with Gasteiger partial charge < -0.3 is 20.3 Å². The summed E-state index contributed by atoms with van der Waals surface area (Å²) in [6.07, 6.45) is 11.6. The molecule has 0 aliphatic carbocycles. The molecule has 0 spiro atoms. The van der Waals surface area contributed by atoms with Crippen LogP contribution in [0.3, 0.4) is 0 Å². The Morgan fingerprint density at radius 1 is 1.05 bits per heavy atom. The summed E-state index contributed by atoms with van der Waals surface area (Å²) in [4.78, 5) is 42.2. The normalized spacial score (nSPS) is 13.5. The number of carbonyl (C=O) groups excluding carboxylic acids is 3. The van der Waals surface area contributed by atoms with Crippen LogP contribution in [0.1, 0.15) is 97.2 Å². The number of ether oxygens (including phenoxy) is 1. The van der Waals surface area contributed by atoms with Gasteiger partial charge >= 0.3 is 6.09 Å². The molecule has 1 aromatic rings. The first-order chi connectivity index (χ1) is 18.0. The highest BCUT2D eigenvalue weighted by atomic mass is 32.2. The number of alkyl carbamates (subject to hydrolysis) is 1. The van der Waals surface area contributed by atoms with Gasteiger partial charge in [0.25, 0.3) is 0 Å². The van der Waals surface area contributed by atoms with Gasteiger partial charge in [-0.05, 0) is 76.7 Å². The van der Waals surface area contributed by atoms with Crippen LogP contribution in [0.25, 0.3) is 0 Å². The standard InChI is InChI=1S/C30H47N3O4S/c1-9-12-13-20-33(28(35)25(19-21-38-8)32-29(36)37-30(5,6)7)26(27(34)31-22(4)14-10-2)24-17-15-23(11-3)16-18-24/h3,15-18,22,25-26H,9-10,12-14,19-21H2,1-2,4-8H3,(H,31,34)(H,32,36). The molecule has 3 unspecified atom stereocenters. The Morgan fingerprint density at radius 2 is 1.71 bits per heavy atom. The smallest absolute Gasteiger partial charge is 0.408 e. The Morgan fingerprint density at radius 3 is 2.24 bits per heavy atom. The summed E-state index contributed by atoms with van der Waals surface area (Å²) in [5.41, 5.74) is 0.672. The summed E-state index contributed by atoms with van der Waals surface area (Å²) in [7, 11) is 0. The average Bonchev–Trinajstić information content (AvgIpc) is 2.84. The maximum Gasteiger partial charge on any atom is 0.408 e. The Kier molecular flexibility index (Phi) is 15.0. The lowest BCUT2D eigenvalue weighted by atomic mass is 9.99. The van der Waals surface area contributed by atoms with E-state index in [1.807, 2.05) is 25.3 Å². The lowest BCUT2D eigenvalue weighted by Crippen LogP contribution is -2.54. The summed E-state index contributed by atoms with van der Waals surface area (Å²) in [5, 5.41) is 5.88. The van der Waals surface area contributed by atoms with Gasteiger partial charge in [0.15, 0.2) is 0 Å². The number of carbonyl (C=O) groups is 3. The van der Waals surface area contributed by atoms with Gasteiger partial charge in [-0.15, -0.1) is 6.42 Å². The van der Waals surface area contributed by atoms with Gasteiger partial charge in [-0.25, -0.2) is 4.79 Å². The zero-order valence-corrected chi connectivity index (χ0v) is 25.1. The molecular weight excluding hydrogens is 498 g/mol. The first-order valence-electron chi connectivity index (χ1n) is 13.6. The van der Waals surface area contributed by atoms with Crippen molar-refractivity contribution in [2.24, 2.45) is 0 Å². The number of hydrogen-bond acceptors (Lipinski definition) is 5. The molecule has 7 nitrogen and oxygen atoms in total. The first-order valence-corrected chi connectivity index (χ1v) is 15.0. The quantitative estimate of drug-likeness (QED) is 0.219. The molecule has 1 aromatic carbocycles. The van der Waals surface area contributed by atoms with Crippen molar-refractivity contribution in [1.29, 1.82) is 0 Å². The molecule has 2 N–H and O–H groups in total. The highest BCUT2D eigenvalue weighted by Crippen LogP contribution is 2.25. The van der Waals surface area contributed by atoms with E-state index in [0.29, 0.717) is 29.8 Å². The minimum atomic E-state index is -0.859. The molecule has 38 heavy (non-hydrogen) atoms. The van der Waals surface area contributed by atoms with E-state index in [4.69, 9.17) is 11.2 Å². The Bertz CT molecular complexity index is 921. The molecule has 3 atom stereocenters. The third-order valence-corrected chi connectivity index (χ3v) is 6.59. The van der Waals surface area contributed by atoms with E-state index in [2.05, 4.69) is 30.4 Å². The number of nitrogens with zero attached hydrogens (tertiary/aromatic N) is 1. The molecule has 0 heterocycles. The molecule has 212 valence electrons. The van der Waals surface area contributed by atoms with Gasteiger partial charge in [0, 0.05) is 18.2 Å². The third kappa shape index (κ3) is 11.8. The SMILES string of the molecule is C#Cc1ccc(C(C(=O)NC(C)CCC)N(CCCCC)C(=O)C(CCSC)NC(=O)OC(C)(C)C)cc1. The zero-order valence-electron chi connectivity index (χ0n) is 24.3. The fourth-order valence-corrected chi connectivity index (χ4v) is 4.57. The van der Waals surface area contributed by atoms with Crippen molar-refractivity contribution < 1.29 is 19.1 Å². The van der Waals surface area contributed by atoms with Gasteiger partial charge in [0.1, 0.15) is 17.7 Å². The number of unbranched alkanes of at least 4 members (excludes halogenated alkanes) is 2. The van der Waals surface area contributed by atoms with Crippen LogP contribution < -0.4 is 10.6 Å². The molecule has 8 heteroatoms. The fraction of sp³-hybridized carbons (Fsp3) is 0.633. The molecule has 0 aliphatic heterocycles. The maximum absolute atomic E-state index is 14.1. The molecule has 0 saturated carbocycles. The molecule has 0 radical (unpaired) electrons. The van der Waals surface area contributed by atoms with E-state index in [1.165, 1.54) is 0 Å². The predicted molar refractivity (Wildman–Crippen MR) is 157 cm³/mol. The average molecular weight is 546 g/mol. The van der Waals surface area contributed by atoms with Crippen LogP contribution >= 0.6 is 11.8 Å². The second kappa shape index (κ2) is 17.0. The summed E-state index contributed by atoms with van der Waals surface area (Å²) >= 11 is 1.59. The summed E-state index contributed by atoms with van der Waals surface area (Å²) in [6.45, 7) is 11.8. The number of thioether (sulfide) groups is 1. The number of nitrogens with one attached hydrogen (secondary N) is 2. The number of rotatable bonds is 15. The second-order valence-electron chi connectivity index (χ2n) is 10.6. The predicted octanol–water partition coefficient (Wildman–Crippen LogP) is 5.68. The summed E-state index contributed by atoms with van der Waals surface area (Å²) in [6, 6.07) is 5.45. The first kappa shape index (κ1) is 33.4. The fourth-order valence-electron chi connectivity index (χ4n) is 4.10. The van der Waals surface area contributed by atoms with Gasteiger partial charge in [-0.3, -0.25) is 9.59 Å². The number of amides is 3. The topological polar surface area (TPSA) is 87.7 Å². The lowest BCUT2D eigenvalue weighted by molar-refractivity contribution is -0.143. The highest BCUT2D eigenvalue weighted by Gasteiger charge is 2.36. The van der Waals surface area contributed by atoms with Crippen molar-refractivity contribution in [2.45, 2.75) is 104 Å². The van der Waals surface area contributed by atoms with Crippen LogP contribution in [0.15, 0.2) is 24.3 Å². The van der Waals surface area contributed by atoms with Gasteiger partial charge in [-0.2, -0.15) is 11.8 Å². The largest absolute Gasteiger partial charge is 0.444 e. The molecule has 3 amide bonds. The highest BCUT2D eigenvalue weighted by molar-refractivity contribution is 7.98. The minimum absolute atomic E-state index is 0.0419. The zero-order chi connectivity index (χ0) is 28.7. The molecule has 1 rings (SSSR count). The van der Waals surface area contributed by atoms with Crippen LogP contribution in [0.4, 0.5) is 4.79 Å². The van der Waals surface area contributed by atoms with Crippen LogP contribution in [0, 0.1) is 12.3 Å². The van der Waals surface area contributed by atoms with E-state index >= 15 is 0 Å². The monoisotopic (exact) mass is 545 g/mol. The van der Waals surface area contributed by atoms with Crippen LogP contribution in [-0.4, -0.2) is 59.0 Å². The van der Waals surface area contributed by atoms with E-state index in [9.17, 15) is 14.4 Å². The van der Waals surface area contributed by atoms with Gasteiger partial charge in [0.05, 0.1) is 0 Å². The Labute approximate surface area is 234 Å². The Balaban J connectivity index is 3.49. The van der Waals surface area contributed by atoms with Crippen molar-refractivity contribution >= 4 is 29.7 Å². The molecular formula is C30H47N3O4S. The van der Waals surface area contributed by atoms with Crippen LogP contribution in [-0.2, 0) is 14.3 Å². The van der Waals surface area contributed by atoms with Crippen molar-refractivity contribution in [2.75, 3.05) is 18.6 Å². The van der Waals surface area contributed by atoms with Gasteiger partial charge in [0.2, 0.25) is 11.8 Å². The van der Waals surface area contributed by atoms with Crippen molar-refractivity contribution in [3.8, 4) is 12.3 Å². The number of benzene rings is 1. The van der Waals surface area contributed by atoms with E-state index in [0.717, 1.165) is 32.1 Å². The third-order valence-electron chi connectivity index (χ3n) is 5.95. The molecule has 0 aromatic heterocycles. The van der Waals surface area contributed by atoms with Crippen molar-refractivity contribution in [1.82, 2.24) is 15.5 Å². The lowest BCUT2D eigenvalue weighted by Gasteiger charge is -2.35. The minimum Gasteiger partial charge on any atom is -0.444 e. The van der Waals surface area contributed by atoms with Gasteiger partial charge in [-0.1, -0.05) is 51.2 Å². The van der Waals surface area contributed by atoms with Crippen LogP contribution in [0.5, 0.6) is 0 Å². The van der Waals surface area contributed by atoms with E-state index in [1.54, 1.807) is 49.6 Å². The number of hydrogen-bond donors (Lipinski definition) is 2.